The largest absolute Gasteiger partial charge is 0.310 e. The molecule has 0 amide bonds. The summed E-state index contributed by atoms with van der Waals surface area (Å²) in [6, 6.07) is 0. The van der Waals surface area contributed by atoms with E-state index in [9.17, 15) is 4.79 Å². The van der Waals surface area contributed by atoms with Crippen molar-refractivity contribution in [1.82, 2.24) is 10.3 Å². The van der Waals surface area contributed by atoms with Gasteiger partial charge in [0.2, 0.25) is 0 Å². The Morgan fingerprint density at radius 1 is 1.75 bits per heavy atom. The summed E-state index contributed by atoms with van der Waals surface area (Å²) in [5.41, 5.74) is 0. The molecule has 1 aromatic rings. The van der Waals surface area contributed by atoms with Gasteiger partial charge in [-0.1, -0.05) is 6.92 Å². The standard InChI is InChI=1S/C8H12N2OS/c1-2-9-6-7(11)5-8-10-3-4-12-8/h3-4,9H,2,5-6H2,1H3. The van der Waals surface area contributed by atoms with Crippen LogP contribution in [0.3, 0.4) is 0 Å². The molecule has 0 atom stereocenters. The van der Waals surface area contributed by atoms with E-state index >= 15 is 0 Å². The van der Waals surface area contributed by atoms with Crippen LogP contribution >= 0.6 is 11.3 Å². The number of aromatic nitrogens is 1. The van der Waals surface area contributed by atoms with Crippen LogP contribution in [0.4, 0.5) is 0 Å². The molecule has 1 heterocycles. The third kappa shape index (κ3) is 3.11. The van der Waals surface area contributed by atoms with Gasteiger partial charge in [0.1, 0.15) is 0 Å². The van der Waals surface area contributed by atoms with Crippen molar-refractivity contribution < 1.29 is 4.79 Å². The Morgan fingerprint density at radius 3 is 3.17 bits per heavy atom. The molecule has 0 aliphatic carbocycles. The van der Waals surface area contributed by atoms with Gasteiger partial charge in [-0.3, -0.25) is 4.79 Å². The first-order chi connectivity index (χ1) is 5.83. The maximum atomic E-state index is 11.2. The minimum atomic E-state index is 0.201. The summed E-state index contributed by atoms with van der Waals surface area (Å²) in [4.78, 5) is 15.2. The van der Waals surface area contributed by atoms with Gasteiger partial charge in [-0.25, -0.2) is 4.98 Å². The molecule has 3 nitrogen and oxygen atoms in total. The molecule has 66 valence electrons. The fraction of sp³-hybridized carbons (Fsp3) is 0.500. The number of nitrogens with zero attached hydrogens (tertiary/aromatic N) is 1. The lowest BCUT2D eigenvalue weighted by molar-refractivity contribution is -0.117. The van der Waals surface area contributed by atoms with E-state index in [0.29, 0.717) is 13.0 Å². The second kappa shape index (κ2) is 5.00. The van der Waals surface area contributed by atoms with E-state index in [4.69, 9.17) is 0 Å². The first-order valence-electron chi connectivity index (χ1n) is 3.93. The Bertz CT molecular complexity index is 233. The zero-order valence-corrected chi connectivity index (χ0v) is 7.86. The predicted molar refractivity (Wildman–Crippen MR) is 49.4 cm³/mol. The second-order valence-electron chi connectivity index (χ2n) is 2.42. The van der Waals surface area contributed by atoms with E-state index in [0.717, 1.165) is 11.6 Å². The Labute approximate surface area is 75.8 Å². The SMILES string of the molecule is CCNCC(=O)Cc1nccs1. The average Bonchev–Trinajstić information content (AvgIpc) is 2.53. The molecule has 0 fully saturated rings. The lowest BCUT2D eigenvalue weighted by Gasteiger charge is -1.97. The molecule has 0 saturated heterocycles. The quantitative estimate of drug-likeness (QED) is 0.738. The van der Waals surface area contributed by atoms with E-state index in [-0.39, 0.29) is 5.78 Å². The molecule has 12 heavy (non-hydrogen) atoms. The molecule has 0 aliphatic heterocycles. The fourth-order valence-corrected chi connectivity index (χ4v) is 1.48. The van der Waals surface area contributed by atoms with Gasteiger partial charge in [-0.05, 0) is 6.54 Å². The minimum Gasteiger partial charge on any atom is -0.310 e. The number of rotatable bonds is 5. The lowest BCUT2D eigenvalue weighted by Crippen LogP contribution is -2.23. The Morgan fingerprint density at radius 2 is 2.58 bits per heavy atom. The van der Waals surface area contributed by atoms with Crippen molar-refractivity contribution in [1.29, 1.82) is 0 Å². The van der Waals surface area contributed by atoms with E-state index in [1.165, 1.54) is 11.3 Å². The van der Waals surface area contributed by atoms with Gasteiger partial charge in [0.25, 0.3) is 0 Å². The highest BCUT2D eigenvalue weighted by molar-refractivity contribution is 7.09. The highest BCUT2D eigenvalue weighted by atomic mass is 32.1. The number of Topliss-reactive ketones (excluding diaryl/α,β-unsaturated/α-hetero) is 1. The van der Waals surface area contributed by atoms with Gasteiger partial charge >= 0.3 is 0 Å². The van der Waals surface area contributed by atoms with E-state index < -0.39 is 0 Å². The van der Waals surface area contributed by atoms with E-state index in [1.807, 2.05) is 12.3 Å². The van der Waals surface area contributed by atoms with Crippen LogP contribution < -0.4 is 5.32 Å². The Hall–Kier alpha value is -0.740. The summed E-state index contributed by atoms with van der Waals surface area (Å²) in [6.45, 7) is 3.27. The topological polar surface area (TPSA) is 42.0 Å². The Kier molecular flexibility index (Phi) is 3.90. The van der Waals surface area contributed by atoms with Gasteiger partial charge in [0.15, 0.2) is 5.78 Å². The third-order valence-corrected chi connectivity index (χ3v) is 2.18. The first kappa shape index (κ1) is 9.35. The molecule has 0 bridgehead atoms. The second-order valence-corrected chi connectivity index (χ2v) is 3.40. The van der Waals surface area contributed by atoms with Gasteiger partial charge in [-0.15, -0.1) is 11.3 Å². The van der Waals surface area contributed by atoms with Gasteiger partial charge in [-0.2, -0.15) is 0 Å². The molecule has 0 radical (unpaired) electrons. The maximum Gasteiger partial charge on any atom is 0.153 e. The zero-order valence-electron chi connectivity index (χ0n) is 7.04. The molecule has 1 aromatic heterocycles. The van der Waals surface area contributed by atoms with Gasteiger partial charge in [0, 0.05) is 11.6 Å². The average molecular weight is 184 g/mol. The van der Waals surface area contributed by atoms with Crippen LogP contribution in [-0.2, 0) is 11.2 Å². The van der Waals surface area contributed by atoms with Crippen LogP contribution in [0.2, 0.25) is 0 Å². The summed E-state index contributed by atoms with van der Waals surface area (Å²) in [5.74, 6) is 0.201. The van der Waals surface area contributed by atoms with E-state index in [2.05, 4.69) is 10.3 Å². The molecule has 1 N–H and O–H groups in total. The zero-order chi connectivity index (χ0) is 8.81. The highest BCUT2D eigenvalue weighted by Crippen LogP contribution is 2.04. The number of carbonyl (C=O) groups is 1. The minimum absolute atomic E-state index is 0.201. The molecule has 1 rings (SSSR count). The normalized spacial score (nSPS) is 10.1. The summed E-state index contributed by atoms with van der Waals surface area (Å²) in [6.07, 6.45) is 2.19. The van der Waals surface area contributed by atoms with Crippen molar-refractivity contribution in [3.05, 3.63) is 16.6 Å². The number of hydrogen-bond acceptors (Lipinski definition) is 4. The maximum absolute atomic E-state index is 11.2. The van der Waals surface area contributed by atoms with Crippen LogP contribution in [0.5, 0.6) is 0 Å². The smallest absolute Gasteiger partial charge is 0.153 e. The van der Waals surface area contributed by atoms with Crippen LogP contribution in [0.1, 0.15) is 11.9 Å². The van der Waals surface area contributed by atoms with Crippen molar-refractivity contribution in [3.63, 3.8) is 0 Å². The third-order valence-electron chi connectivity index (χ3n) is 1.40. The van der Waals surface area contributed by atoms with Crippen LogP contribution in [0.25, 0.3) is 0 Å². The summed E-state index contributed by atoms with van der Waals surface area (Å²) in [5, 5.41) is 5.77. The summed E-state index contributed by atoms with van der Waals surface area (Å²) < 4.78 is 0. The predicted octanol–water partition coefficient (Wildman–Crippen LogP) is 0.864. The van der Waals surface area contributed by atoms with Crippen molar-refractivity contribution in [2.75, 3.05) is 13.1 Å². The lowest BCUT2D eigenvalue weighted by atomic mass is 10.3. The molecule has 0 aliphatic rings. The molecule has 0 aromatic carbocycles. The fourth-order valence-electron chi connectivity index (χ4n) is 0.836. The molecular weight excluding hydrogens is 172 g/mol. The van der Waals surface area contributed by atoms with Crippen LogP contribution in [-0.4, -0.2) is 23.9 Å². The van der Waals surface area contributed by atoms with Crippen molar-refractivity contribution >= 4 is 17.1 Å². The van der Waals surface area contributed by atoms with Crippen molar-refractivity contribution in [3.8, 4) is 0 Å². The van der Waals surface area contributed by atoms with Gasteiger partial charge in [0.05, 0.1) is 18.0 Å². The Balaban J connectivity index is 2.27. The number of ketones is 1. The number of carbonyl (C=O) groups excluding carboxylic acids is 1. The monoisotopic (exact) mass is 184 g/mol. The summed E-state index contributed by atoms with van der Waals surface area (Å²) in [7, 11) is 0. The number of nitrogens with one attached hydrogen (secondary N) is 1. The van der Waals surface area contributed by atoms with Crippen LogP contribution in [0, 0.1) is 0 Å². The summed E-state index contributed by atoms with van der Waals surface area (Å²) >= 11 is 1.52. The highest BCUT2D eigenvalue weighted by Gasteiger charge is 2.03. The number of likely N-dealkylation sites (N-methyl/N-ethyl adjacent to an activating group) is 1. The molecule has 0 saturated carbocycles. The molecule has 0 unspecified atom stereocenters. The van der Waals surface area contributed by atoms with Crippen molar-refractivity contribution in [2.24, 2.45) is 0 Å². The van der Waals surface area contributed by atoms with Crippen LogP contribution in [0.15, 0.2) is 11.6 Å². The molecule has 4 heteroatoms. The molecular formula is C8H12N2OS. The van der Waals surface area contributed by atoms with Gasteiger partial charge < -0.3 is 5.32 Å². The van der Waals surface area contributed by atoms with E-state index in [1.54, 1.807) is 6.20 Å². The molecule has 0 spiro atoms. The number of thiazole rings is 1. The first-order valence-corrected chi connectivity index (χ1v) is 4.81. The van der Waals surface area contributed by atoms with Crippen molar-refractivity contribution in [2.45, 2.75) is 13.3 Å². The number of hydrogen-bond donors (Lipinski definition) is 1.